The van der Waals surface area contributed by atoms with Crippen molar-refractivity contribution in [2.24, 2.45) is 0 Å². The number of aliphatic hydroxyl groups is 1. The second-order valence-electron chi connectivity index (χ2n) is 4.89. The molecular weight excluding hydrogens is 220 g/mol. The lowest BCUT2D eigenvalue weighted by Gasteiger charge is -2.21. The molecule has 3 rings (SSSR count). The van der Waals surface area contributed by atoms with Gasteiger partial charge in [-0.2, -0.15) is 0 Å². The number of nitrogens with zero attached hydrogens (tertiary/aromatic N) is 2. The van der Waals surface area contributed by atoms with E-state index in [1.165, 1.54) is 29.1 Å². The first-order chi connectivity index (χ1) is 7.86. The molecule has 4 heteroatoms. The van der Waals surface area contributed by atoms with Crippen molar-refractivity contribution in [1.29, 1.82) is 0 Å². The fraction of sp³-hybridized carbons (Fsp3) is 0.750. The van der Waals surface area contributed by atoms with Gasteiger partial charge in [0.25, 0.3) is 0 Å². The molecule has 1 aliphatic heterocycles. The van der Waals surface area contributed by atoms with Gasteiger partial charge in [-0.15, -0.1) is 11.3 Å². The van der Waals surface area contributed by atoms with Crippen LogP contribution in [-0.4, -0.2) is 34.2 Å². The molecule has 0 amide bonds. The van der Waals surface area contributed by atoms with Crippen LogP contribution in [0.2, 0.25) is 0 Å². The number of aliphatic hydroxyl groups excluding tert-OH is 1. The van der Waals surface area contributed by atoms with E-state index in [1.807, 2.05) is 17.5 Å². The minimum absolute atomic E-state index is 0.300. The summed E-state index contributed by atoms with van der Waals surface area (Å²) in [5.41, 5.74) is 0. The topological polar surface area (TPSA) is 36.4 Å². The van der Waals surface area contributed by atoms with Gasteiger partial charge in [0.2, 0.25) is 0 Å². The Morgan fingerprint density at radius 3 is 3.06 bits per heavy atom. The van der Waals surface area contributed by atoms with Gasteiger partial charge in [0.1, 0.15) is 0 Å². The Labute approximate surface area is 100 Å². The molecule has 0 spiro atoms. The molecule has 1 aromatic heterocycles. The summed E-state index contributed by atoms with van der Waals surface area (Å²) >= 11 is 1.87. The summed E-state index contributed by atoms with van der Waals surface area (Å²) in [6, 6.07) is 0.381. The van der Waals surface area contributed by atoms with Crippen LogP contribution in [0.5, 0.6) is 0 Å². The van der Waals surface area contributed by atoms with Crippen LogP contribution in [-0.2, 0) is 6.54 Å². The van der Waals surface area contributed by atoms with E-state index in [4.69, 9.17) is 0 Å². The number of thiazole rings is 1. The average molecular weight is 238 g/mol. The molecule has 1 atom stereocenters. The highest BCUT2D eigenvalue weighted by atomic mass is 32.1. The number of rotatable bonds is 4. The molecule has 2 fully saturated rings. The van der Waals surface area contributed by atoms with E-state index < -0.39 is 0 Å². The lowest BCUT2D eigenvalue weighted by Crippen LogP contribution is -2.31. The summed E-state index contributed by atoms with van der Waals surface area (Å²) in [6.45, 7) is 2.41. The molecule has 3 nitrogen and oxygen atoms in total. The second-order valence-corrected chi connectivity index (χ2v) is 6.03. The van der Waals surface area contributed by atoms with Crippen LogP contribution in [0.25, 0.3) is 0 Å². The van der Waals surface area contributed by atoms with Crippen LogP contribution >= 0.6 is 11.3 Å². The highest BCUT2D eigenvalue weighted by Crippen LogP contribution is 2.42. The Hall–Kier alpha value is -0.450. The van der Waals surface area contributed by atoms with Crippen LogP contribution in [0.3, 0.4) is 0 Å². The molecule has 16 heavy (non-hydrogen) atoms. The number of likely N-dealkylation sites (tertiary alicyclic amines) is 1. The van der Waals surface area contributed by atoms with E-state index in [2.05, 4.69) is 9.88 Å². The van der Waals surface area contributed by atoms with E-state index in [0.717, 1.165) is 25.4 Å². The molecule has 0 aromatic carbocycles. The minimum Gasteiger partial charge on any atom is -0.395 e. The maximum atomic E-state index is 9.26. The van der Waals surface area contributed by atoms with E-state index in [0.29, 0.717) is 12.6 Å². The lowest BCUT2D eigenvalue weighted by atomic mass is 10.2. The third kappa shape index (κ3) is 2.14. The van der Waals surface area contributed by atoms with Gasteiger partial charge >= 0.3 is 0 Å². The number of hydrogen-bond donors (Lipinski definition) is 1. The molecule has 1 N–H and O–H groups in total. The van der Waals surface area contributed by atoms with Gasteiger partial charge in [0, 0.05) is 29.6 Å². The normalized spacial score (nSPS) is 26.4. The van der Waals surface area contributed by atoms with Crippen molar-refractivity contribution in [3.63, 3.8) is 0 Å². The molecule has 2 heterocycles. The summed E-state index contributed by atoms with van der Waals surface area (Å²) < 4.78 is 0. The first-order valence-corrected chi connectivity index (χ1v) is 6.98. The van der Waals surface area contributed by atoms with E-state index in [1.54, 1.807) is 0 Å². The summed E-state index contributed by atoms with van der Waals surface area (Å²) in [6.07, 6.45) is 7.06. The van der Waals surface area contributed by atoms with Crippen molar-refractivity contribution in [3.8, 4) is 0 Å². The molecular formula is C12H18N2OS. The summed E-state index contributed by atoms with van der Waals surface area (Å²) in [7, 11) is 0. The monoisotopic (exact) mass is 238 g/mol. The Morgan fingerprint density at radius 1 is 1.44 bits per heavy atom. The number of hydrogen-bond acceptors (Lipinski definition) is 4. The van der Waals surface area contributed by atoms with Crippen molar-refractivity contribution in [1.82, 2.24) is 9.88 Å². The third-order valence-electron chi connectivity index (χ3n) is 3.57. The van der Waals surface area contributed by atoms with E-state index in [9.17, 15) is 5.11 Å². The predicted molar refractivity (Wildman–Crippen MR) is 64.6 cm³/mol. The van der Waals surface area contributed by atoms with Crippen molar-refractivity contribution in [2.75, 3.05) is 13.2 Å². The zero-order valence-corrected chi connectivity index (χ0v) is 10.2. The highest BCUT2D eigenvalue weighted by Gasteiger charge is 2.28. The molecule has 0 bridgehead atoms. The van der Waals surface area contributed by atoms with Crippen molar-refractivity contribution in [3.05, 3.63) is 16.1 Å². The highest BCUT2D eigenvalue weighted by molar-refractivity contribution is 7.11. The Bertz CT molecular complexity index is 362. The maximum Gasteiger partial charge on any atom is 0.0959 e. The SMILES string of the molecule is OCC1CCCN1Cc1cnc(C2CC2)s1. The van der Waals surface area contributed by atoms with Gasteiger partial charge in [-0.1, -0.05) is 0 Å². The molecule has 1 aromatic rings. The van der Waals surface area contributed by atoms with Crippen molar-refractivity contribution >= 4 is 11.3 Å². The fourth-order valence-corrected chi connectivity index (χ4v) is 3.54. The molecule has 1 saturated carbocycles. The Morgan fingerprint density at radius 2 is 2.31 bits per heavy atom. The van der Waals surface area contributed by atoms with Crippen LogP contribution in [0, 0.1) is 0 Å². The summed E-state index contributed by atoms with van der Waals surface area (Å²) in [4.78, 5) is 8.26. The Kier molecular flexibility index (Phi) is 2.96. The molecule has 2 aliphatic rings. The van der Waals surface area contributed by atoms with Gasteiger partial charge in [-0.05, 0) is 32.2 Å². The fourth-order valence-electron chi connectivity index (χ4n) is 2.42. The van der Waals surface area contributed by atoms with Gasteiger partial charge in [-0.3, -0.25) is 4.90 Å². The lowest BCUT2D eigenvalue weighted by molar-refractivity contribution is 0.154. The van der Waals surface area contributed by atoms with Crippen LogP contribution < -0.4 is 0 Å². The van der Waals surface area contributed by atoms with Crippen molar-refractivity contribution < 1.29 is 5.11 Å². The molecule has 1 unspecified atom stereocenters. The van der Waals surface area contributed by atoms with Crippen LogP contribution in [0.4, 0.5) is 0 Å². The summed E-state index contributed by atoms with van der Waals surface area (Å²) in [5, 5.41) is 10.6. The quantitative estimate of drug-likeness (QED) is 0.871. The first-order valence-electron chi connectivity index (χ1n) is 6.16. The first kappa shape index (κ1) is 10.7. The van der Waals surface area contributed by atoms with Gasteiger partial charge in [0.15, 0.2) is 0 Å². The van der Waals surface area contributed by atoms with E-state index in [-0.39, 0.29) is 0 Å². The predicted octanol–water partition coefficient (Wildman–Crippen LogP) is 1.98. The number of aromatic nitrogens is 1. The van der Waals surface area contributed by atoms with Crippen LogP contribution in [0.1, 0.15) is 41.5 Å². The largest absolute Gasteiger partial charge is 0.395 e. The maximum absolute atomic E-state index is 9.26. The van der Waals surface area contributed by atoms with E-state index >= 15 is 0 Å². The zero-order chi connectivity index (χ0) is 11.0. The second kappa shape index (κ2) is 4.43. The molecule has 88 valence electrons. The van der Waals surface area contributed by atoms with Gasteiger partial charge in [0.05, 0.1) is 11.6 Å². The third-order valence-corrected chi connectivity index (χ3v) is 4.71. The Balaban J connectivity index is 1.63. The smallest absolute Gasteiger partial charge is 0.0959 e. The van der Waals surface area contributed by atoms with Crippen molar-refractivity contribution in [2.45, 2.75) is 44.2 Å². The standard InChI is InChI=1S/C12H18N2OS/c15-8-10-2-1-5-14(10)7-11-6-13-12(16-11)9-3-4-9/h6,9-10,15H,1-5,7-8H2. The van der Waals surface area contributed by atoms with Gasteiger partial charge in [-0.25, -0.2) is 4.98 Å². The summed E-state index contributed by atoms with van der Waals surface area (Å²) in [5.74, 6) is 0.769. The zero-order valence-electron chi connectivity index (χ0n) is 9.43. The minimum atomic E-state index is 0.300. The molecule has 1 aliphatic carbocycles. The molecule has 1 saturated heterocycles. The van der Waals surface area contributed by atoms with Crippen LogP contribution in [0.15, 0.2) is 6.20 Å². The molecule has 0 radical (unpaired) electrons. The van der Waals surface area contributed by atoms with Gasteiger partial charge < -0.3 is 5.11 Å². The average Bonchev–Trinajstić information content (AvgIpc) is 2.88.